The van der Waals surface area contributed by atoms with Crippen molar-refractivity contribution in [2.24, 2.45) is 7.05 Å². The number of imidazole rings is 1. The molecule has 0 radical (unpaired) electrons. The molecule has 0 saturated heterocycles. The third kappa shape index (κ3) is 3.53. The number of Topliss-reactive ketones (excluding diaryl/α,β-unsaturated/α-hetero) is 1. The van der Waals surface area contributed by atoms with Crippen LogP contribution in [-0.4, -0.2) is 33.8 Å². The zero-order valence-corrected chi connectivity index (χ0v) is 16.7. The Balaban J connectivity index is 1.50. The van der Waals surface area contributed by atoms with E-state index in [2.05, 4.69) is 10.3 Å². The second-order valence-electron chi connectivity index (χ2n) is 6.23. The maximum atomic E-state index is 12.5. The summed E-state index contributed by atoms with van der Waals surface area (Å²) in [4.78, 5) is 28.9. The zero-order valence-electron chi connectivity index (χ0n) is 15.1. The van der Waals surface area contributed by atoms with Crippen molar-refractivity contribution >= 4 is 51.8 Å². The van der Waals surface area contributed by atoms with Gasteiger partial charge in [0, 0.05) is 23.7 Å². The third-order valence-corrected chi connectivity index (χ3v) is 5.57. The van der Waals surface area contributed by atoms with E-state index in [4.69, 9.17) is 21.1 Å². The van der Waals surface area contributed by atoms with Gasteiger partial charge in [0.15, 0.2) is 22.4 Å². The summed E-state index contributed by atoms with van der Waals surface area (Å²) >= 11 is 7.31. The molecule has 1 amide bonds. The standard InChI is InChI=1S/C19H16ClN3O4S/c1-10(24)12-6-16-17(27-9-26-16)7-13(12)21-18(25)8-28-19-22-14-5-11(20)3-4-15(14)23(19)2/h3-7H,8-9H2,1-2H3,(H,21,25). The van der Waals surface area contributed by atoms with Gasteiger partial charge in [-0.2, -0.15) is 0 Å². The van der Waals surface area contributed by atoms with Gasteiger partial charge in [-0.3, -0.25) is 9.59 Å². The number of hydrogen-bond acceptors (Lipinski definition) is 6. The van der Waals surface area contributed by atoms with Crippen molar-refractivity contribution < 1.29 is 19.1 Å². The van der Waals surface area contributed by atoms with Gasteiger partial charge in [0.05, 0.1) is 22.5 Å². The summed E-state index contributed by atoms with van der Waals surface area (Å²) in [5, 5.41) is 4.09. The van der Waals surface area contributed by atoms with Crippen LogP contribution in [0.25, 0.3) is 11.0 Å². The SMILES string of the molecule is CC(=O)c1cc2c(cc1NC(=O)CSc1nc3cc(Cl)ccc3n1C)OCO2. The smallest absolute Gasteiger partial charge is 0.234 e. The van der Waals surface area contributed by atoms with Crippen LogP contribution in [0.1, 0.15) is 17.3 Å². The molecule has 0 fully saturated rings. The number of nitrogens with zero attached hydrogens (tertiary/aromatic N) is 2. The van der Waals surface area contributed by atoms with E-state index in [1.54, 1.807) is 24.3 Å². The first-order chi connectivity index (χ1) is 13.4. The Morgan fingerprint density at radius 3 is 2.75 bits per heavy atom. The number of ether oxygens (including phenoxy) is 2. The molecule has 9 heteroatoms. The lowest BCUT2D eigenvalue weighted by molar-refractivity contribution is -0.113. The summed E-state index contributed by atoms with van der Waals surface area (Å²) in [6, 6.07) is 8.67. The zero-order chi connectivity index (χ0) is 19.8. The molecule has 7 nitrogen and oxygen atoms in total. The quantitative estimate of drug-likeness (QED) is 0.501. The first-order valence-electron chi connectivity index (χ1n) is 8.41. The van der Waals surface area contributed by atoms with Crippen molar-refractivity contribution in [3.8, 4) is 11.5 Å². The molecule has 3 aromatic rings. The highest BCUT2D eigenvalue weighted by molar-refractivity contribution is 7.99. The van der Waals surface area contributed by atoms with Gasteiger partial charge < -0.3 is 19.4 Å². The lowest BCUT2D eigenvalue weighted by Gasteiger charge is -2.10. The molecule has 0 atom stereocenters. The predicted molar refractivity (Wildman–Crippen MR) is 108 cm³/mol. The highest BCUT2D eigenvalue weighted by atomic mass is 35.5. The lowest BCUT2D eigenvalue weighted by Crippen LogP contribution is -2.16. The van der Waals surface area contributed by atoms with Crippen LogP contribution in [0.5, 0.6) is 11.5 Å². The van der Waals surface area contributed by atoms with Gasteiger partial charge in [-0.15, -0.1) is 0 Å². The highest BCUT2D eigenvalue weighted by Gasteiger charge is 2.20. The second-order valence-corrected chi connectivity index (χ2v) is 7.61. The molecule has 1 aromatic heterocycles. The second kappa shape index (κ2) is 7.37. The Bertz CT molecular complexity index is 1110. The van der Waals surface area contributed by atoms with Crippen LogP contribution >= 0.6 is 23.4 Å². The van der Waals surface area contributed by atoms with Crippen LogP contribution in [0.4, 0.5) is 5.69 Å². The molecule has 1 N–H and O–H groups in total. The van der Waals surface area contributed by atoms with Crippen LogP contribution in [0.3, 0.4) is 0 Å². The predicted octanol–water partition coefficient (Wildman–Crippen LogP) is 3.89. The van der Waals surface area contributed by atoms with Crippen LogP contribution in [0.15, 0.2) is 35.5 Å². The van der Waals surface area contributed by atoms with Crippen LogP contribution < -0.4 is 14.8 Å². The number of fused-ring (bicyclic) bond motifs is 2. The molecule has 0 bridgehead atoms. The molecule has 0 spiro atoms. The number of carbonyl (C=O) groups excluding carboxylic acids is 2. The Labute approximate surface area is 170 Å². The fraction of sp³-hybridized carbons (Fsp3) is 0.211. The molecule has 28 heavy (non-hydrogen) atoms. The summed E-state index contributed by atoms with van der Waals surface area (Å²) in [6.45, 7) is 1.53. The number of hydrogen-bond donors (Lipinski definition) is 1. The molecule has 0 unspecified atom stereocenters. The molecule has 2 aromatic carbocycles. The van der Waals surface area contributed by atoms with Gasteiger partial charge in [0.2, 0.25) is 12.7 Å². The molecule has 0 aliphatic carbocycles. The third-order valence-electron chi connectivity index (χ3n) is 4.30. The molecule has 2 heterocycles. The minimum Gasteiger partial charge on any atom is -0.454 e. The van der Waals surface area contributed by atoms with Crippen molar-refractivity contribution in [1.29, 1.82) is 0 Å². The highest BCUT2D eigenvalue weighted by Crippen LogP contribution is 2.37. The Hall–Kier alpha value is -2.71. The van der Waals surface area contributed by atoms with Gasteiger partial charge in [0.1, 0.15) is 0 Å². The van der Waals surface area contributed by atoms with E-state index >= 15 is 0 Å². The Morgan fingerprint density at radius 2 is 2.00 bits per heavy atom. The van der Waals surface area contributed by atoms with Gasteiger partial charge in [-0.1, -0.05) is 23.4 Å². The van der Waals surface area contributed by atoms with E-state index in [1.165, 1.54) is 18.7 Å². The molecule has 0 saturated carbocycles. The Kier molecular flexibility index (Phi) is 4.91. The van der Waals surface area contributed by atoms with Crippen molar-refractivity contribution in [3.05, 3.63) is 40.9 Å². The number of rotatable bonds is 5. The van der Waals surface area contributed by atoms with E-state index in [0.717, 1.165) is 11.0 Å². The van der Waals surface area contributed by atoms with Crippen molar-refractivity contribution in [2.45, 2.75) is 12.1 Å². The average Bonchev–Trinajstić information content (AvgIpc) is 3.22. The number of nitrogens with one attached hydrogen (secondary N) is 1. The Morgan fingerprint density at radius 1 is 1.25 bits per heavy atom. The van der Waals surface area contributed by atoms with Crippen molar-refractivity contribution in [3.63, 3.8) is 0 Å². The number of aryl methyl sites for hydroxylation is 1. The van der Waals surface area contributed by atoms with Crippen molar-refractivity contribution in [1.82, 2.24) is 9.55 Å². The fourth-order valence-corrected chi connectivity index (χ4v) is 3.89. The number of thioether (sulfide) groups is 1. The van der Waals surface area contributed by atoms with Crippen molar-refractivity contribution in [2.75, 3.05) is 17.9 Å². The van der Waals surface area contributed by atoms with E-state index in [-0.39, 0.29) is 24.2 Å². The van der Waals surface area contributed by atoms with Gasteiger partial charge in [0.25, 0.3) is 0 Å². The van der Waals surface area contributed by atoms with Crippen LogP contribution in [-0.2, 0) is 11.8 Å². The molecular formula is C19H16ClN3O4S. The summed E-state index contributed by atoms with van der Waals surface area (Å²) in [6.07, 6.45) is 0. The molecule has 1 aliphatic heterocycles. The number of amides is 1. The van der Waals surface area contributed by atoms with Gasteiger partial charge in [-0.25, -0.2) is 4.98 Å². The van der Waals surface area contributed by atoms with E-state index in [0.29, 0.717) is 32.9 Å². The topological polar surface area (TPSA) is 82.5 Å². The van der Waals surface area contributed by atoms with Crippen LogP contribution in [0.2, 0.25) is 5.02 Å². The van der Waals surface area contributed by atoms with E-state index < -0.39 is 0 Å². The van der Waals surface area contributed by atoms with E-state index in [1.807, 2.05) is 17.7 Å². The first-order valence-corrected chi connectivity index (χ1v) is 9.78. The first kappa shape index (κ1) is 18.6. The number of ketones is 1. The molecule has 4 rings (SSSR count). The average molecular weight is 418 g/mol. The number of aromatic nitrogens is 2. The van der Waals surface area contributed by atoms with Gasteiger partial charge >= 0.3 is 0 Å². The van der Waals surface area contributed by atoms with Crippen LogP contribution in [0, 0.1) is 0 Å². The summed E-state index contributed by atoms with van der Waals surface area (Å²) in [7, 11) is 1.88. The molecule has 144 valence electrons. The number of halogens is 1. The number of carbonyl (C=O) groups is 2. The summed E-state index contributed by atoms with van der Waals surface area (Å²) in [5.41, 5.74) is 2.48. The maximum Gasteiger partial charge on any atom is 0.234 e. The number of anilines is 1. The summed E-state index contributed by atoms with van der Waals surface area (Å²) in [5.74, 6) is 0.706. The molecular weight excluding hydrogens is 402 g/mol. The summed E-state index contributed by atoms with van der Waals surface area (Å²) < 4.78 is 12.5. The normalized spacial score (nSPS) is 12.4. The maximum absolute atomic E-state index is 12.5. The van der Waals surface area contributed by atoms with E-state index in [9.17, 15) is 9.59 Å². The minimum absolute atomic E-state index is 0.0939. The molecule has 1 aliphatic rings. The lowest BCUT2D eigenvalue weighted by atomic mass is 10.1. The van der Waals surface area contributed by atoms with Gasteiger partial charge in [-0.05, 0) is 31.2 Å². The minimum atomic E-state index is -0.253. The monoisotopic (exact) mass is 417 g/mol. The largest absolute Gasteiger partial charge is 0.454 e. The fourth-order valence-electron chi connectivity index (χ4n) is 2.93. The number of benzene rings is 2.